The number of hydrogen-bond acceptors (Lipinski definition) is 8. The molecule has 3 atom stereocenters. The Morgan fingerprint density at radius 3 is 2.73 bits per heavy atom. The molecule has 3 aliphatic rings. The maximum absolute atomic E-state index is 13.0. The molecule has 0 radical (unpaired) electrons. The van der Waals surface area contributed by atoms with Crippen molar-refractivity contribution < 1.29 is 16.5 Å². The average Bonchev–Trinajstić information content (AvgIpc) is 3.10. The van der Waals surface area contributed by atoms with Gasteiger partial charge in [0.05, 0.1) is 11.9 Å². The first kappa shape index (κ1) is 24.0. The first-order chi connectivity index (χ1) is 17.6. The van der Waals surface area contributed by atoms with Crippen molar-refractivity contribution in [1.29, 1.82) is 0 Å². The Morgan fingerprint density at radius 1 is 1.22 bits per heavy atom. The van der Waals surface area contributed by atoms with E-state index in [-0.39, 0.29) is 11.2 Å². The Kier molecular flexibility index (Phi) is 5.41. The Labute approximate surface area is 215 Å². The Balaban J connectivity index is 1.26. The number of piperidine rings is 1. The van der Waals surface area contributed by atoms with Gasteiger partial charge in [0, 0.05) is 41.9 Å². The van der Waals surface area contributed by atoms with E-state index >= 15 is 0 Å². The topological polar surface area (TPSA) is 113 Å². The molecule has 11 heteroatoms. The first-order valence-corrected chi connectivity index (χ1v) is 13.9. The lowest BCUT2D eigenvalue weighted by Gasteiger charge is -2.26. The Morgan fingerprint density at radius 2 is 2.03 bits per heavy atom. The molecule has 194 valence electrons. The molecule has 1 saturated heterocycles. The molecular formula is C26H29FN6O3S. The zero-order valence-electron chi connectivity index (χ0n) is 21.2. The number of benzene rings is 1. The van der Waals surface area contributed by atoms with Gasteiger partial charge in [0.1, 0.15) is 17.1 Å². The number of aromatic nitrogens is 4. The number of H-pyrrole nitrogens is 1. The summed E-state index contributed by atoms with van der Waals surface area (Å²) in [6.07, 6.45) is 7.24. The van der Waals surface area contributed by atoms with Gasteiger partial charge in [-0.15, -0.1) is 0 Å². The van der Waals surface area contributed by atoms with Crippen molar-refractivity contribution >= 4 is 33.2 Å². The van der Waals surface area contributed by atoms with E-state index in [1.54, 1.807) is 19.2 Å². The van der Waals surface area contributed by atoms with Gasteiger partial charge in [-0.05, 0) is 68.7 Å². The summed E-state index contributed by atoms with van der Waals surface area (Å²) in [6.45, 7) is 9.71. The van der Waals surface area contributed by atoms with Gasteiger partial charge in [0.2, 0.25) is 5.65 Å². The van der Waals surface area contributed by atoms with Gasteiger partial charge in [-0.3, -0.25) is 10.1 Å². The van der Waals surface area contributed by atoms with Gasteiger partial charge in [0.25, 0.3) is 0 Å². The van der Waals surface area contributed by atoms with Crippen molar-refractivity contribution in [1.82, 2.24) is 20.2 Å². The molecule has 1 N–H and O–H groups in total. The quantitative estimate of drug-likeness (QED) is 0.460. The van der Waals surface area contributed by atoms with Crippen molar-refractivity contribution in [2.75, 3.05) is 18.0 Å². The number of allylic oxidation sites excluding steroid dienone is 2. The van der Waals surface area contributed by atoms with Crippen LogP contribution in [0, 0.1) is 31.1 Å². The molecule has 0 amide bonds. The molecule has 3 aromatic rings. The Hall–Kier alpha value is -3.34. The third-order valence-electron chi connectivity index (χ3n) is 8.62. The second kappa shape index (κ2) is 8.34. The molecule has 9 nitrogen and oxygen atoms in total. The second-order valence-electron chi connectivity index (χ2n) is 10.3. The van der Waals surface area contributed by atoms with Crippen LogP contribution in [0.4, 0.5) is 9.70 Å². The summed E-state index contributed by atoms with van der Waals surface area (Å²) in [5.41, 5.74) is 6.49. The molecule has 2 aliphatic heterocycles. The van der Waals surface area contributed by atoms with Crippen LogP contribution in [0.15, 0.2) is 35.1 Å². The fourth-order valence-corrected chi connectivity index (χ4v) is 6.97. The van der Waals surface area contributed by atoms with E-state index in [2.05, 4.69) is 39.2 Å². The monoisotopic (exact) mass is 524 g/mol. The molecule has 1 saturated carbocycles. The van der Waals surface area contributed by atoms with Crippen LogP contribution in [0.25, 0.3) is 22.4 Å². The predicted octanol–water partition coefficient (Wildman–Crippen LogP) is 4.83. The summed E-state index contributed by atoms with van der Waals surface area (Å²) < 4.78 is 39.4. The lowest BCUT2D eigenvalue weighted by Crippen LogP contribution is -2.32. The van der Waals surface area contributed by atoms with Crippen molar-refractivity contribution in [2.24, 2.45) is 22.2 Å². The highest BCUT2D eigenvalue weighted by Gasteiger charge is 2.66. The molecule has 2 fully saturated rings. The van der Waals surface area contributed by atoms with Crippen LogP contribution in [-0.2, 0) is 10.5 Å². The SMILES string of the molecule is CCC1(C2=NC(C)=CC2)C2CCN(c3cnc4c(-c5ccc(OS(=O)(=O)F)c(C)c5C)[nH]nc4n3)CC21. The highest BCUT2D eigenvalue weighted by Crippen LogP contribution is 2.66. The molecule has 0 spiro atoms. The lowest BCUT2D eigenvalue weighted by atomic mass is 9.90. The van der Waals surface area contributed by atoms with E-state index in [1.165, 1.54) is 11.8 Å². The largest absolute Gasteiger partial charge is 0.488 e. The number of anilines is 1. The van der Waals surface area contributed by atoms with Gasteiger partial charge >= 0.3 is 10.5 Å². The van der Waals surface area contributed by atoms with E-state index in [0.29, 0.717) is 34.3 Å². The van der Waals surface area contributed by atoms with Gasteiger partial charge in [-0.25, -0.2) is 9.97 Å². The maximum Gasteiger partial charge on any atom is 0.488 e. The second-order valence-corrected chi connectivity index (χ2v) is 11.2. The van der Waals surface area contributed by atoms with Gasteiger partial charge in [-0.1, -0.05) is 16.9 Å². The summed E-state index contributed by atoms with van der Waals surface area (Å²) in [7, 11) is -5.11. The van der Waals surface area contributed by atoms with E-state index in [1.807, 2.05) is 6.92 Å². The normalized spacial score (nSPS) is 25.2. The molecule has 2 aromatic heterocycles. The summed E-state index contributed by atoms with van der Waals surface area (Å²) in [4.78, 5) is 16.7. The summed E-state index contributed by atoms with van der Waals surface area (Å²) >= 11 is 0. The van der Waals surface area contributed by atoms with E-state index < -0.39 is 10.5 Å². The van der Waals surface area contributed by atoms with Crippen molar-refractivity contribution in [2.45, 2.75) is 47.0 Å². The number of rotatable bonds is 6. The number of nitrogens with one attached hydrogen (secondary N) is 1. The minimum atomic E-state index is -5.11. The van der Waals surface area contributed by atoms with Crippen LogP contribution in [-0.4, -0.2) is 47.4 Å². The average molecular weight is 525 g/mol. The number of hydrogen-bond donors (Lipinski definition) is 1. The van der Waals surface area contributed by atoms with Crippen LogP contribution in [0.1, 0.15) is 44.2 Å². The van der Waals surface area contributed by atoms with Gasteiger partial charge < -0.3 is 9.08 Å². The molecule has 4 heterocycles. The summed E-state index contributed by atoms with van der Waals surface area (Å²) in [5.74, 6) is 2.03. The fraction of sp³-hybridized carbons (Fsp3) is 0.462. The number of aliphatic imine (C=N–C) groups is 1. The highest BCUT2D eigenvalue weighted by molar-refractivity contribution is 7.81. The minimum Gasteiger partial charge on any atom is -0.358 e. The zero-order valence-corrected chi connectivity index (χ0v) is 22.1. The number of halogens is 1. The first-order valence-electron chi connectivity index (χ1n) is 12.6. The van der Waals surface area contributed by atoms with Crippen molar-refractivity contribution in [3.05, 3.63) is 41.2 Å². The number of aromatic amines is 1. The molecule has 3 unspecified atom stereocenters. The van der Waals surface area contributed by atoms with Crippen LogP contribution in [0.3, 0.4) is 0 Å². The lowest BCUT2D eigenvalue weighted by molar-refractivity contribution is 0.438. The molecule has 1 aromatic carbocycles. The summed E-state index contributed by atoms with van der Waals surface area (Å²) in [5, 5.41) is 7.44. The fourth-order valence-electron chi connectivity index (χ4n) is 6.57. The van der Waals surface area contributed by atoms with Crippen LogP contribution in [0.2, 0.25) is 0 Å². The molecule has 0 bridgehead atoms. The van der Waals surface area contributed by atoms with Gasteiger partial charge in [0.15, 0.2) is 0 Å². The zero-order chi connectivity index (χ0) is 26.1. The maximum atomic E-state index is 13.0. The van der Waals surface area contributed by atoms with Crippen LogP contribution >= 0.6 is 0 Å². The molecule has 1 aliphatic carbocycles. The molecular weight excluding hydrogens is 495 g/mol. The smallest absolute Gasteiger partial charge is 0.358 e. The van der Waals surface area contributed by atoms with Crippen molar-refractivity contribution in [3.63, 3.8) is 0 Å². The van der Waals surface area contributed by atoms with Crippen LogP contribution < -0.4 is 9.08 Å². The van der Waals surface area contributed by atoms with E-state index in [9.17, 15) is 12.3 Å². The van der Waals surface area contributed by atoms with Crippen molar-refractivity contribution in [3.8, 4) is 17.0 Å². The Bertz CT molecular complexity index is 1600. The number of fused-ring (bicyclic) bond motifs is 2. The molecule has 37 heavy (non-hydrogen) atoms. The van der Waals surface area contributed by atoms with E-state index in [4.69, 9.17) is 15.0 Å². The standard InChI is InChI=1S/C26H29FN6O3S/c1-5-26(21-9-6-14(2)29-21)18-10-11-33(13-19(18)26)22-12-28-24-23(31-32-25(24)30-22)17-7-8-20(16(4)15(17)3)36-37(27,34)35/h6-8,12,18-19H,5,9-11,13H2,1-4H3,(H,30,31,32). The van der Waals surface area contributed by atoms with Crippen LogP contribution in [0.5, 0.6) is 5.75 Å². The van der Waals surface area contributed by atoms with E-state index in [0.717, 1.165) is 55.0 Å². The van der Waals surface area contributed by atoms with Gasteiger partial charge in [-0.2, -0.15) is 13.5 Å². The predicted molar refractivity (Wildman–Crippen MR) is 140 cm³/mol. The third kappa shape index (κ3) is 3.82. The minimum absolute atomic E-state index is 0.0536. The third-order valence-corrected chi connectivity index (χ3v) is 9.00. The highest BCUT2D eigenvalue weighted by atomic mass is 32.3. The summed E-state index contributed by atoms with van der Waals surface area (Å²) in [6, 6.07) is 3.09. The number of nitrogens with zero attached hydrogens (tertiary/aromatic N) is 5. The molecule has 6 rings (SSSR count).